The van der Waals surface area contributed by atoms with Gasteiger partial charge in [0, 0.05) is 12.6 Å². The summed E-state index contributed by atoms with van der Waals surface area (Å²) in [5.41, 5.74) is 1.17. The van der Waals surface area contributed by atoms with Crippen LogP contribution < -0.4 is 14.8 Å². The number of thiophene rings is 1. The zero-order chi connectivity index (χ0) is 16.9. The second kappa shape index (κ2) is 7.81. The SMILES string of the molecule is CCC(NCC(C)(O)c1ccsc1)c1ccc(OC)c(OC)c1. The Bertz CT molecular complexity index is 611. The molecule has 23 heavy (non-hydrogen) atoms. The van der Waals surface area contributed by atoms with Crippen molar-refractivity contribution in [1.82, 2.24) is 5.32 Å². The maximum Gasteiger partial charge on any atom is 0.161 e. The van der Waals surface area contributed by atoms with Gasteiger partial charge in [-0.1, -0.05) is 13.0 Å². The zero-order valence-corrected chi connectivity index (χ0v) is 14.9. The van der Waals surface area contributed by atoms with Gasteiger partial charge in [-0.3, -0.25) is 0 Å². The van der Waals surface area contributed by atoms with Gasteiger partial charge < -0.3 is 19.9 Å². The molecule has 2 rings (SSSR count). The van der Waals surface area contributed by atoms with Gasteiger partial charge in [0.15, 0.2) is 11.5 Å². The van der Waals surface area contributed by atoms with E-state index in [2.05, 4.69) is 12.2 Å². The van der Waals surface area contributed by atoms with E-state index >= 15 is 0 Å². The smallest absolute Gasteiger partial charge is 0.161 e. The molecule has 2 atom stereocenters. The molecule has 0 aliphatic heterocycles. The largest absolute Gasteiger partial charge is 0.493 e. The molecule has 2 aromatic rings. The van der Waals surface area contributed by atoms with Crippen molar-refractivity contribution >= 4 is 11.3 Å². The summed E-state index contributed by atoms with van der Waals surface area (Å²) >= 11 is 1.59. The summed E-state index contributed by atoms with van der Waals surface area (Å²) in [6.07, 6.45) is 0.912. The Morgan fingerprint density at radius 2 is 1.96 bits per heavy atom. The summed E-state index contributed by atoms with van der Waals surface area (Å²) in [7, 11) is 3.27. The van der Waals surface area contributed by atoms with Gasteiger partial charge in [0.1, 0.15) is 5.60 Å². The lowest BCUT2D eigenvalue weighted by molar-refractivity contribution is 0.0540. The van der Waals surface area contributed by atoms with E-state index in [9.17, 15) is 5.11 Å². The molecule has 0 amide bonds. The van der Waals surface area contributed by atoms with Gasteiger partial charge >= 0.3 is 0 Å². The first-order valence-corrected chi connectivity index (χ1v) is 8.66. The Labute approximate surface area is 142 Å². The van der Waals surface area contributed by atoms with E-state index < -0.39 is 5.60 Å². The first kappa shape index (κ1) is 17.8. The third-order valence-corrected chi connectivity index (χ3v) is 4.74. The standard InChI is InChI=1S/C18H25NO3S/c1-5-15(13-6-7-16(21-3)17(10-13)22-4)19-12-18(2,20)14-8-9-23-11-14/h6-11,15,19-20H,5,12H2,1-4H3. The number of hydrogen-bond acceptors (Lipinski definition) is 5. The quantitative estimate of drug-likeness (QED) is 0.772. The number of methoxy groups -OCH3 is 2. The van der Waals surface area contributed by atoms with E-state index in [1.165, 1.54) is 0 Å². The van der Waals surface area contributed by atoms with Crippen LogP contribution in [0.4, 0.5) is 0 Å². The number of ether oxygens (including phenoxy) is 2. The molecule has 1 heterocycles. The molecule has 4 nitrogen and oxygen atoms in total. The molecule has 0 bridgehead atoms. The van der Waals surface area contributed by atoms with Gasteiger partial charge in [-0.25, -0.2) is 0 Å². The van der Waals surface area contributed by atoms with Gasteiger partial charge in [-0.05, 0) is 53.4 Å². The van der Waals surface area contributed by atoms with E-state index in [1.54, 1.807) is 25.6 Å². The minimum absolute atomic E-state index is 0.139. The number of nitrogens with one attached hydrogen (secondary N) is 1. The van der Waals surface area contributed by atoms with Crippen LogP contribution in [0.2, 0.25) is 0 Å². The van der Waals surface area contributed by atoms with Crippen LogP contribution in [0.3, 0.4) is 0 Å². The van der Waals surface area contributed by atoms with Gasteiger partial charge in [0.25, 0.3) is 0 Å². The summed E-state index contributed by atoms with van der Waals surface area (Å²) in [4.78, 5) is 0. The lowest BCUT2D eigenvalue weighted by Crippen LogP contribution is -2.37. The van der Waals surface area contributed by atoms with Crippen molar-refractivity contribution in [2.75, 3.05) is 20.8 Å². The molecule has 0 spiro atoms. The topological polar surface area (TPSA) is 50.7 Å². The fourth-order valence-electron chi connectivity index (χ4n) is 2.56. The maximum atomic E-state index is 10.6. The molecule has 2 unspecified atom stereocenters. The molecule has 2 N–H and O–H groups in total. The Morgan fingerprint density at radius 1 is 1.22 bits per heavy atom. The fraction of sp³-hybridized carbons (Fsp3) is 0.444. The second-order valence-corrected chi connectivity index (χ2v) is 6.52. The highest BCUT2D eigenvalue weighted by Gasteiger charge is 2.25. The molecule has 0 aliphatic rings. The van der Waals surface area contributed by atoms with Crippen LogP contribution in [-0.4, -0.2) is 25.9 Å². The molecule has 1 aromatic heterocycles. The molecule has 0 radical (unpaired) electrons. The molecule has 0 saturated heterocycles. The predicted octanol–water partition coefficient (Wildman–Crippen LogP) is 3.71. The first-order chi connectivity index (χ1) is 11.0. The molecule has 1 aromatic carbocycles. The third kappa shape index (κ3) is 4.25. The number of aliphatic hydroxyl groups is 1. The molecule has 0 fully saturated rings. The average Bonchev–Trinajstić information content (AvgIpc) is 3.10. The van der Waals surface area contributed by atoms with Crippen LogP contribution in [0.1, 0.15) is 37.4 Å². The van der Waals surface area contributed by atoms with Gasteiger partial charge in [0.05, 0.1) is 14.2 Å². The minimum Gasteiger partial charge on any atom is -0.493 e. The zero-order valence-electron chi connectivity index (χ0n) is 14.1. The summed E-state index contributed by atoms with van der Waals surface area (Å²) in [5, 5.41) is 18.1. The Balaban J connectivity index is 2.11. The van der Waals surface area contributed by atoms with Crippen LogP contribution >= 0.6 is 11.3 Å². The molecular weight excluding hydrogens is 310 g/mol. The van der Waals surface area contributed by atoms with Crippen LogP contribution in [0.15, 0.2) is 35.0 Å². The lowest BCUT2D eigenvalue weighted by Gasteiger charge is -2.27. The van der Waals surface area contributed by atoms with Crippen LogP contribution in [0, 0.1) is 0 Å². The number of benzene rings is 1. The molecule has 0 aliphatic carbocycles. The first-order valence-electron chi connectivity index (χ1n) is 7.72. The summed E-state index contributed by atoms with van der Waals surface area (Å²) in [6, 6.07) is 8.03. The average molecular weight is 335 g/mol. The highest BCUT2D eigenvalue weighted by atomic mass is 32.1. The molecule has 5 heteroatoms. The second-order valence-electron chi connectivity index (χ2n) is 5.74. The highest BCUT2D eigenvalue weighted by molar-refractivity contribution is 7.08. The molecule has 0 saturated carbocycles. The maximum absolute atomic E-state index is 10.6. The van der Waals surface area contributed by atoms with Crippen molar-refractivity contribution in [3.8, 4) is 11.5 Å². The lowest BCUT2D eigenvalue weighted by atomic mass is 9.97. The Morgan fingerprint density at radius 3 is 2.52 bits per heavy atom. The Kier molecular flexibility index (Phi) is 6.04. The summed E-state index contributed by atoms with van der Waals surface area (Å²) in [6.45, 7) is 4.44. The van der Waals surface area contributed by atoms with Crippen molar-refractivity contribution in [3.05, 3.63) is 46.2 Å². The van der Waals surface area contributed by atoms with Crippen LogP contribution in [0.5, 0.6) is 11.5 Å². The van der Waals surface area contributed by atoms with Crippen LogP contribution in [-0.2, 0) is 5.60 Å². The van der Waals surface area contributed by atoms with Gasteiger partial charge in [-0.15, -0.1) is 0 Å². The van der Waals surface area contributed by atoms with Crippen molar-refractivity contribution in [3.63, 3.8) is 0 Å². The van der Waals surface area contributed by atoms with Crippen molar-refractivity contribution in [2.24, 2.45) is 0 Å². The van der Waals surface area contributed by atoms with Gasteiger partial charge in [0.2, 0.25) is 0 Å². The van der Waals surface area contributed by atoms with Crippen LogP contribution in [0.25, 0.3) is 0 Å². The minimum atomic E-state index is -0.885. The summed E-state index contributed by atoms with van der Waals surface area (Å²) in [5.74, 6) is 1.44. The number of rotatable bonds is 8. The van der Waals surface area contributed by atoms with Crippen molar-refractivity contribution in [1.29, 1.82) is 0 Å². The molecule has 126 valence electrons. The van der Waals surface area contributed by atoms with E-state index in [0.717, 1.165) is 29.0 Å². The fourth-order valence-corrected chi connectivity index (χ4v) is 3.35. The normalized spacial score (nSPS) is 15.0. The van der Waals surface area contributed by atoms with Crippen molar-refractivity contribution in [2.45, 2.75) is 31.9 Å². The van der Waals surface area contributed by atoms with E-state index in [-0.39, 0.29) is 6.04 Å². The van der Waals surface area contributed by atoms with E-state index in [0.29, 0.717) is 6.54 Å². The van der Waals surface area contributed by atoms with Gasteiger partial charge in [-0.2, -0.15) is 11.3 Å². The van der Waals surface area contributed by atoms with E-state index in [1.807, 2.05) is 41.9 Å². The number of hydrogen-bond donors (Lipinski definition) is 2. The highest BCUT2D eigenvalue weighted by Crippen LogP contribution is 2.31. The van der Waals surface area contributed by atoms with Crippen molar-refractivity contribution < 1.29 is 14.6 Å². The monoisotopic (exact) mass is 335 g/mol. The Hall–Kier alpha value is -1.56. The van der Waals surface area contributed by atoms with E-state index in [4.69, 9.17) is 9.47 Å². The predicted molar refractivity (Wildman–Crippen MR) is 94.5 cm³/mol. The summed E-state index contributed by atoms with van der Waals surface area (Å²) < 4.78 is 10.7. The molecular formula is C18H25NO3S. The third-order valence-electron chi connectivity index (χ3n) is 4.05.